The number of likely N-dealkylation sites (N-methyl/N-ethyl adjacent to an activating group) is 1. The molecule has 1 aliphatic heterocycles. The normalized spacial score (nSPS) is 15.6. The first-order valence-electron chi connectivity index (χ1n) is 21.5. The highest BCUT2D eigenvalue weighted by atomic mass is 32.1. The van der Waals surface area contributed by atoms with Crippen molar-refractivity contribution in [3.8, 4) is 11.1 Å². The molecule has 1 heterocycles. The van der Waals surface area contributed by atoms with Crippen LogP contribution in [0.4, 0.5) is 5.69 Å². The van der Waals surface area contributed by atoms with Crippen molar-refractivity contribution in [3.63, 3.8) is 0 Å². The second-order valence-electron chi connectivity index (χ2n) is 16.0. The zero-order valence-electron chi connectivity index (χ0n) is 35.1. The van der Waals surface area contributed by atoms with Crippen LogP contribution in [0, 0.1) is 0 Å². The molecule has 3 aliphatic rings. The van der Waals surface area contributed by atoms with Gasteiger partial charge in [0.2, 0.25) is 0 Å². The lowest BCUT2D eigenvalue weighted by Crippen LogP contribution is -2.31. The van der Waals surface area contributed by atoms with Crippen molar-refractivity contribution in [2.45, 2.75) is 16.4 Å². The molecule has 63 heavy (non-hydrogen) atoms. The van der Waals surface area contributed by atoms with Crippen molar-refractivity contribution in [1.82, 2.24) is 5.32 Å². The molecule has 0 amide bonds. The van der Waals surface area contributed by atoms with Crippen LogP contribution >= 0.6 is 12.6 Å². The second kappa shape index (κ2) is 17.4. The Kier molecular flexibility index (Phi) is 11.0. The van der Waals surface area contributed by atoms with E-state index in [9.17, 15) is 0 Å². The Balaban J connectivity index is 0.000000150. The van der Waals surface area contributed by atoms with Gasteiger partial charge in [0.1, 0.15) is 0 Å². The Morgan fingerprint density at radius 1 is 0.556 bits per heavy atom. The summed E-state index contributed by atoms with van der Waals surface area (Å²) < 4.78 is 0. The maximum absolute atomic E-state index is 4.72. The van der Waals surface area contributed by atoms with Crippen molar-refractivity contribution in [1.29, 1.82) is 0 Å². The van der Waals surface area contributed by atoms with Crippen LogP contribution in [0.15, 0.2) is 265 Å². The molecule has 1 N–H and O–H groups in total. The summed E-state index contributed by atoms with van der Waals surface area (Å²) in [7, 11) is 2.12. The van der Waals surface area contributed by atoms with E-state index in [4.69, 9.17) is 12.6 Å². The first kappa shape index (κ1) is 39.6. The topological polar surface area (TPSA) is 15.3 Å². The van der Waals surface area contributed by atoms with Gasteiger partial charge in [-0.05, 0) is 86.3 Å². The third-order valence-electron chi connectivity index (χ3n) is 12.4. The number of anilines is 1. The molecule has 0 radical (unpaired) electrons. The van der Waals surface area contributed by atoms with Crippen molar-refractivity contribution in [2.75, 3.05) is 11.9 Å². The highest BCUT2D eigenvalue weighted by molar-refractivity contribution is 7.80. The van der Waals surface area contributed by atoms with E-state index in [-0.39, 0.29) is 11.5 Å². The molecule has 8 aromatic carbocycles. The first-order chi connectivity index (χ1) is 31.1. The third kappa shape index (κ3) is 7.49. The number of nitrogens with one attached hydrogen (secondary N) is 1. The fourth-order valence-corrected chi connectivity index (χ4v) is 9.67. The molecule has 1 unspecified atom stereocenters. The minimum Gasteiger partial charge on any atom is -0.374 e. The molecule has 8 aromatic rings. The molecular weight excluding hydrogens is 781 g/mol. The van der Waals surface area contributed by atoms with E-state index in [1.54, 1.807) is 0 Å². The van der Waals surface area contributed by atoms with E-state index in [2.05, 4.69) is 247 Å². The van der Waals surface area contributed by atoms with Gasteiger partial charge in [-0.3, -0.25) is 0 Å². The first-order valence-corrected chi connectivity index (χ1v) is 21.9. The van der Waals surface area contributed by atoms with Crippen LogP contribution in [-0.4, -0.2) is 7.05 Å². The van der Waals surface area contributed by atoms with Gasteiger partial charge in [0.05, 0.1) is 11.5 Å². The Hall–Kier alpha value is -7.55. The minimum atomic E-state index is -0.358. The van der Waals surface area contributed by atoms with Crippen LogP contribution in [0.25, 0.3) is 33.2 Å². The highest BCUT2D eigenvalue weighted by Crippen LogP contribution is 2.55. The minimum absolute atomic E-state index is 0.0813. The highest BCUT2D eigenvalue weighted by Gasteiger charge is 2.48. The van der Waals surface area contributed by atoms with E-state index >= 15 is 0 Å². The average Bonchev–Trinajstić information content (AvgIpc) is 3.45. The lowest BCUT2D eigenvalue weighted by Gasteiger charge is -2.35. The van der Waals surface area contributed by atoms with Crippen molar-refractivity contribution >= 4 is 40.4 Å². The molecule has 3 heteroatoms. The number of thiol groups is 1. The standard InChI is InChI=1S/C30H23NS.C30H23N/c32-28-18-10-8-16-24(28)27-20-19-26-29(31-27)23-15-7-9-17-25(23)30(26,21-11-3-1-4-12-21)22-13-5-2-6-14-22;1-31(30-16-8-13-27-11-5-6-15-29(27)30)28-14-7-12-24(21-22-28)26-19-17-25(18-20-26)23-9-3-2-4-10-23/h1-20,27,31-32H;2-11,13-22H,1H3. The molecule has 0 fully saturated rings. The predicted octanol–water partition coefficient (Wildman–Crippen LogP) is 14.6. The number of benzene rings is 8. The smallest absolute Gasteiger partial charge is 0.0728 e. The summed E-state index contributed by atoms with van der Waals surface area (Å²) in [6.07, 6.45) is 13.0. The van der Waals surface area contributed by atoms with E-state index in [1.165, 1.54) is 66.7 Å². The van der Waals surface area contributed by atoms with Gasteiger partial charge in [-0.1, -0.05) is 206 Å². The second-order valence-corrected chi connectivity index (χ2v) is 16.5. The fourth-order valence-electron chi connectivity index (χ4n) is 9.37. The maximum atomic E-state index is 4.72. The zero-order valence-corrected chi connectivity index (χ0v) is 36.0. The average molecular weight is 827 g/mol. The van der Waals surface area contributed by atoms with Gasteiger partial charge in [-0.15, -0.1) is 18.4 Å². The van der Waals surface area contributed by atoms with E-state index in [1.807, 2.05) is 18.2 Å². The van der Waals surface area contributed by atoms with E-state index < -0.39 is 0 Å². The summed E-state index contributed by atoms with van der Waals surface area (Å²) in [5.74, 6) is 0. The van der Waals surface area contributed by atoms with Crippen LogP contribution in [0.1, 0.15) is 39.4 Å². The number of allylic oxidation sites excluding steroid dienone is 6. The Bertz CT molecular complexity index is 3090. The molecule has 2 nitrogen and oxygen atoms in total. The summed E-state index contributed by atoms with van der Waals surface area (Å²) in [6.45, 7) is 0. The summed E-state index contributed by atoms with van der Waals surface area (Å²) in [6, 6.07) is 73.1. The molecule has 0 saturated carbocycles. The molecule has 11 rings (SSSR count). The lowest BCUT2D eigenvalue weighted by molar-refractivity contribution is 0.717. The van der Waals surface area contributed by atoms with Gasteiger partial charge in [-0.2, -0.15) is 0 Å². The van der Waals surface area contributed by atoms with E-state index in [0.29, 0.717) is 0 Å². The number of fused-ring (bicyclic) bond motifs is 3. The van der Waals surface area contributed by atoms with Crippen LogP contribution < -0.4 is 10.2 Å². The van der Waals surface area contributed by atoms with Crippen molar-refractivity contribution in [2.24, 2.45) is 0 Å². The fraction of sp³-hybridized carbons (Fsp3) is 0.0500. The van der Waals surface area contributed by atoms with Gasteiger partial charge >= 0.3 is 0 Å². The molecule has 0 spiro atoms. The SMILES string of the molecule is CN(C1=CC=C=C(c2ccc(-c3ccccc3)cc2)C=C1)c1cccc2ccccc12.Sc1ccccc1C1C=CC2=C(N1)c1ccccc1C2(c1ccccc1)c1ccccc1. The van der Waals surface area contributed by atoms with Crippen LogP contribution in [0.5, 0.6) is 0 Å². The summed E-state index contributed by atoms with van der Waals surface area (Å²) >= 11 is 4.72. The molecule has 2 aliphatic carbocycles. The quantitative estimate of drug-likeness (QED) is 0.123. The van der Waals surface area contributed by atoms with Gasteiger partial charge in [0, 0.05) is 45.5 Å². The Morgan fingerprint density at radius 2 is 1.16 bits per heavy atom. The maximum Gasteiger partial charge on any atom is 0.0728 e. The molecular formula is C60H46N2S. The van der Waals surface area contributed by atoms with Crippen LogP contribution in [0.2, 0.25) is 0 Å². The Morgan fingerprint density at radius 3 is 1.90 bits per heavy atom. The van der Waals surface area contributed by atoms with Crippen LogP contribution in [0.3, 0.4) is 0 Å². The van der Waals surface area contributed by atoms with Crippen LogP contribution in [-0.2, 0) is 5.41 Å². The largest absolute Gasteiger partial charge is 0.374 e. The lowest BCUT2D eigenvalue weighted by atomic mass is 9.66. The summed E-state index contributed by atoms with van der Waals surface area (Å²) in [4.78, 5) is 3.24. The monoisotopic (exact) mass is 826 g/mol. The van der Waals surface area contributed by atoms with Gasteiger partial charge in [0.25, 0.3) is 0 Å². The van der Waals surface area contributed by atoms with Gasteiger partial charge in [-0.25, -0.2) is 0 Å². The van der Waals surface area contributed by atoms with E-state index in [0.717, 1.165) is 21.7 Å². The number of nitrogens with zero attached hydrogens (tertiary/aromatic N) is 1. The molecule has 0 bridgehead atoms. The third-order valence-corrected chi connectivity index (χ3v) is 12.9. The summed E-state index contributed by atoms with van der Waals surface area (Å²) in [5.41, 5.74) is 18.9. The molecule has 0 aromatic heterocycles. The number of dihydropyridines is 1. The van der Waals surface area contributed by atoms with Gasteiger partial charge < -0.3 is 10.2 Å². The van der Waals surface area contributed by atoms with Crippen molar-refractivity contribution in [3.05, 3.63) is 293 Å². The summed E-state index contributed by atoms with van der Waals surface area (Å²) in [5, 5.41) is 6.36. The number of hydrogen-bond acceptors (Lipinski definition) is 3. The number of rotatable bonds is 7. The van der Waals surface area contributed by atoms with Crippen molar-refractivity contribution < 1.29 is 0 Å². The zero-order chi connectivity index (χ0) is 42.6. The molecule has 0 saturated heterocycles. The molecule has 302 valence electrons. The predicted molar refractivity (Wildman–Crippen MR) is 268 cm³/mol. The number of hydrogen-bond donors (Lipinski definition) is 2. The Labute approximate surface area is 376 Å². The van der Waals surface area contributed by atoms with Gasteiger partial charge in [0.15, 0.2) is 0 Å². The molecule has 1 atom stereocenters.